The van der Waals surface area contributed by atoms with Gasteiger partial charge in [0, 0.05) is 6.20 Å². The molecule has 3 nitrogen and oxygen atoms in total. The van der Waals surface area contributed by atoms with E-state index in [0.29, 0.717) is 10.3 Å². The number of fused-ring (bicyclic) bond motifs is 1. The largest absolute Gasteiger partial charge is 0.296 e. The van der Waals surface area contributed by atoms with Gasteiger partial charge < -0.3 is 0 Å². The topological polar surface area (TPSA) is 34.4 Å². The van der Waals surface area contributed by atoms with Crippen LogP contribution in [0.1, 0.15) is 16.1 Å². The highest BCUT2D eigenvalue weighted by molar-refractivity contribution is 9.10. The van der Waals surface area contributed by atoms with Crippen LogP contribution in [-0.4, -0.2) is 15.7 Å². The molecule has 0 spiro atoms. The van der Waals surface area contributed by atoms with E-state index in [1.54, 1.807) is 0 Å². The van der Waals surface area contributed by atoms with E-state index in [1.807, 2.05) is 29.7 Å². The zero-order chi connectivity index (χ0) is 9.42. The number of hydrogen-bond acceptors (Lipinski definition) is 2. The molecule has 0 saturated carbocycles. The summed E-state index contributed by atoms with van der Waals surface area (Å²) in [5.41, 5.74) is 2.34. The molecule has 2 aromatic rings. The second-order valence-corrected chi connectivity index (χ2v) is 3.59. The van der Waals surface area contributed by atoms with Crippen molar-refractivity contribution in [1.82, 2.24) is 9.38 Å². The van der Waals surface area contributed by atoms with E-state index in [2.05, 4.69) is 20.9 Å². The fourth-order valence-electron chi connectivity index (χ4n) is 1.22. The Labute approximate surface area is 83.5 Å². The molecule has 0 N–H and O–H groups in total. The maximum absolute atomic E-state index is 10.6. The molecule has 0 bridgehead atoms. The minimum Gasteiger partial charge on any atom is -0.296 e. The van der Waals surface area contributed by atoms with Crippen molar-refractivity contribution >= 4 is 27.9 Å². The van der Waals surface area contributed by atoms with Crippen LogP contribution in [0, 0.1) is 6.92 Å². The van der Waals surface area contributed by atoms with Crippen LogP contribution in [0.2, 0.25) is 0 Å². The molecule has 4 heteroatoms. The molecule has 0 aromatic carbocycles. The Balaban J connectivity index is 2.84. The number of rotatable bonds is 1. The van der Waals surface area contributed by atoms with Gasteiger partial charge in [0.25, 0.3) is 0 Å². The SMILES string of the molecule is Cc1ccc2nc(C=O)c(Br)n2c1. The predicted molar refractivity (Wildman–Crippen MR) is 53.0 cm³/mol. The van der Waals surface area contributed by atoms with Gasteiger partial charge in [0.2, 0.25) is 0 Å². The first kappa shape index (κ1) is 8.44. The molecule has 13 heavy (non-hydrogen) atoms. The summed E-state index contributed by atoms with van der Waals surface area (Å²) in [4.78, 5) is 14.7. The third kappa shape index (κ3) is 1.27. The number of hydrogen-bond donors (Lipinski definition) is 0. The van der Waals surface area contributed by atoms with Crippen LogP contribution in [0.4, 0.5) is 0 Å². The standard InChI is InChI=1S/C9H7BrN2O/c1-6-2-3-8-11-7(5-13)9(10)12(8)4-6/h2-5H,1H3. The normalized spacial score (nSPS) is 10.6. The minimum atomic E-state index is 0.436. The molecule has 0 unspecified atom stereocenters. The molecule has 2 heterocycles. The number of pyridine rings is 1. The minimum absolute atomic E-state index is 0.436. The molecule has 0 amide bonds. The van der Waals surface area contributed by atoms with Crippen molar-refractivity contribution in [3.8, 4) is 0 Å². The van der Waals surface area contributed by atoms with Crippen LogP contribution >= 0.6 is 15.9 Å². The van der Waals surface area contributed by atoms with Crippen molar-refractivity contribution in [2.24, 2.45) is 0 Å². The molecule has 0 aliphatic rings. The van der Waals surface area contributed by atoms with E-state index in [4.69, 9.17) is 0 Å². The second-order valence-electron chi connectivity index (χ2n) is 2.84. The number of aryl methyl sites for hydroxylation is 1. The molecular weight excluding hydrogens is 232 g/mol. The first-order valence-electron chi connectivity index (χ1n) is 3.82. The Morgan fingerprint density at radius 1 is 1.54 bits per heavy atom. The lowest BCUT2D eigenvalue weighted by molar-refractivity contribution is 0.111. The van der Waals surface area contributed by atoms with E-state index in [-0.39, 0.29) is 0 Å². The van der Waals surface area contributed by atoms with Crippen molar-refractivity contribution in [3.05, 3.63) is 34.2 Å². The Bertz CT molecular complexity index is 476. The van der Waals surface area contributed by atoms with Crippen LogP contribution < -0.4 is 0 Å². The van der Waals surface area contributed by atoms with E-state index in [0.717, 1.165) is 17.5 Å². The maximum atomic E-state index is 10.6. The van der Waals surface area contributed by atoms with E-state index >= 15 is 0 Å². The second kappa shape index (κ2) is 2.96. The lowest BCUT2D eigenvalue weighted by atomic mass is 10.3. The summed E-state index contributed by atoms with van der Waals surface area (Å²) in [7, 11) is 0. The van der Waals surface area contributed by atoms with Crippen LogP contribution in [0.3, 0.4) is 0 Å². The van der Waals surface area contributed by atoms with Crippen LogP contribution in [0.15, 0.2) is 22.9 Å². The van der Waals surface area contributed by atoms with Crippen molar-refractivity contribution in [2.45, 2.75) is 6.92 Å². The molecule has 0 saturated heterocycles. The molecular formula is C9H7BrN2O. The number of aromatic nitrogens is 2. The summed E-state index contributed by atoms with van der Waals surface area (Å²) in [5, 5.41) is 0. The Morgan fingerprint density at radius 3 is 3.00 bits per heavy atom. The number of nitrogens with zero attached hydrogens (tertiary/aromatic N) is 2. The van der Waals surface area contributed by atoms with Crippen molar-refractivity contribution < 1.29 is 4.79 Å². The smallest absolute Gasteiger partial charge is 0.171 e. The highest BCUT2D eigenvalue weighted by Gasteiger charge is 2.07. The summed E-state index contributed by atoms with van der Waals surface area (Å²) >= 11 is 3.32. The highest BCUT2D eigenvalue weighted by atomic mass is 79.9. The third-order valence-corrected chi connectivity index (χ3v) is 2.63. The van der Waals surface area contributed by atoms with Gasteiger partial charge >= 0.3 is 0 Å². The van der Waals surface area contributed by atoms with Gasteiger partial charge in [0.05, 0.1) is 0 Å². The fraction of sp³-hybridized carbons (Fsp3) is 0.111. The number of carbonyl (C=O) groups excluding carboxylic acids is 1. The molecule has 0 atom stereocenters. The molecule has 2 rings (SSSR count). The van der Waals surface area contributed by atoms with Crippen molar-refractivity contribution in [1.29, 1.82) is 0 Å². The van der Waals surface area contributed by atoms with Gasteiger partial charge in [-0.1, -0.05) is 6.07 Å². The zero-order valence-corrected chi connectivity index (χ0v) is 8.58. The summed E-state index contributed by atoms with van der Waals surface area (Å²) in [5.74, 6) is 0. The zero-order valence-electron chi connectivity index (χ0n) is 6.99. The van der Waals surface area contributed by atoms with Gasteiger partial charge in [-0.3, -0.25) is 9.20 Å². The molecule has 2 aromatic heterocycles. The van der Waals surface area contributed by atoms with E-state index < -0.39 is 0 Å². The van der Waals surface area contributed by atoms with Gasteiger partial charge in [-0.05, 0) is 34.5 Å². The summed E-state index contributed by atoms with van der Waals surface area (Å²) < 4.78 is 2.56. The molecule has 0 aliphatic carbocycles. The summed E-state index contributed by atoms with van der Waals surface area (Å²) in [6, 6.07) is 3.84. The van der Waals surface area contributed by atoms with Gasteiger partial charge in [0.15, 0.2) is 6.29 Å². The molecule has 0 radical (unpaired) electrons. The molecule has 0 fully saturated rings. The average Bonchev–Trinajstić information content (AvgIpc) is 2.44. The van der Waals surface area contributed by atoms with Gasteiger partial charge in [0.1, 0.15) is 15.9 Å². The predicted octanol–water partition coefficient (Wildman–Crippen LogP) is 2.22. The number of imidazole rings is 1. The van der Waals surface area contributed by atoms with Gasteiger partial charge in [-0.15, -0.1) is 0 Å². The fourth-order valence-corrected chi connectivity index (χ4v) is 1.68. The lowest BCUT2D eigenvalue weighted by Crippen LogP contribution is -1.85. The Kier molecular flexibility index (Phi) is 1.92. The number of halogens is 1. The van der Waals surface area contributed by atoms with Crippen LogP contribution in [-0.2, 0) is 0 Å². The van der Waals surface area contributed by atoms with Crippen LogP contribution in [0.25, 0.3) is 5.65 Å². The highest BCUT2D eigenvalue weighted by Crippen LogP contribution is 2.17. The van der Waals surface area contributed by atoms with Gasteiger partial charge in [-0.2, -0.15) is 0 Å². The van der Waals surface area contributed by atoms with Gasteiger partial charge in [-0.25, -0.2) is 4.98 Å². The summed E-state index contributed by atoms with van der Waals surface area (Å²) in [6.07, 6.45) is 2.67. The monoisotopic (exact) mass is 238 g/mol. The molecule has 0 aliphatic heterocycles. The first-order chi connectivity index (χ1) is 6.22. The summed E-state index contributed by atoms with van der Waals surface area (Å²) in [6.45, 7) is 1.99. The lowest BCUT2D eigenvalue weighted by Gasteiger charge is -1.95. The average molecular weight is 239 g/mol. The Hall–Kier alpha value is -1.16. The first-order valence-corrected chi connectivity index (χ1v) is 4.61. The Morgan fingerprint density at radius 2 is 2.31 bits per heavy atom. The number of carbonyl (C=O) groups is 1. The number of aldehydes is 1. The molecule has 66 valence electrons. The van der Waals surface area contributed by atoms with E-state index in [9.17, 15) is 4.79 Å². The van der Waals surface area contributed by atoms with E-state index in [1.165, 1.54) is 0 Å². The van der Waals surface area contributed by atoms with Crippen LogP contribution in [0.5, 0.6) is 0 Å². The van der Waals surface area contributed by atoms with Crippen molar-refractivity contribution in [2.75, 3.05) is 0 Å². The van der Waals surface area contributed by atoms with Crippen molar-refractivity contribution in [3.63, 3.8) is 0 Å². The quantitative estimate of drug-likeness (QED) is 0.715. The maximum Gasteiger partial charge on any atom is 0.171 e. The third-order valence-electron chi connectivity index (χ3n) is 1.84.